The second kappa shape index (κ2) is 5.69. The van der Waals surface area contributed by atoms with Gasteiger partial charge in [0, 0.05) is 0 Å². The molecule has 2 rings (SSSR count). The van der Waals surface area contributed by atoms with Gasteiger partial charge in [-0.2, -0.15) is 11.8 Å². The standard InChI is InChI=1S/C17H26S/c1-16(12-8-14-18-3)11-7-13-17(16,2)15-9-5-4-6-10-15/h4-6,9-10H,7-8,11-14H2,1-3H3/t16-,17+/m0/s1. The summed E-state index contributed by atoms with van der Waals surface area (Å²) in [5.41, 5.74) is 2.42. The van der Waals surface area contributed by atoms with Gasteiger partial charge in [0.2, 0.25) is 0 Å². The van der Waals surface area contributed by atoms with E-state index in [1.807, 2.05) is 11.8 Å². The molecule has 0 saturated heterocycles. The Labute approximate surface area is 117 Å². The van der Waals surface area contributed by atoms with Crippen LogP contribution in [0.3, 0.4) is 0 Å². The van der Waals surface area contributed by atoms with Crippen molar-refractivity contribution in [3.63, 3.8) is 0 Å². The lowest BCUT2D eigenvalue weighted by molar-refractivity contribution is 0.178. The van der Waals surface area contributed by atoms with Crippen molar-refractivity contribution in [2.45, 2.75) is 51.4 Å². The molecule has 0 aromatic heterocycles. The van der Waals surface area contributed by atoms with Gasteiger partial charge < -0.3 is 0 Å². The van der Waals surface area contributed by atoms with Crippen LogP contribution in [0.5, 0.6) is 0 Å². The van der Waals surface area contributed by atoms with E-state index in [0.717, 1.165) is 0 Å². The van der Waals surface area contributed by atoms with Crippen LogP contribution >= 0.6 is 11.8 Å². The second-order valence-electron chi connectivity index (χ2n) is 6.21. The minimum Gasteiger partial charge on any atom is -0.165 e. The molecular formula is C17H26S. The van der Waals surface area contributed by atoms with E-state index in [1.165, 1.54) is 37.9 Å². The van der Waals surface area contributed by atoms with E-state index in [9.17, 15) is 0 Å². The van der Waals surface area contributed by atoms with Crippen LogP contribution in [0.25, 0.3) is 0 Å². The SMILES string of the molecule is CSCCC[C@]1(C)CCC[C@]1(C)c1ccccc1. The van der Waals surface area contributed by atoms with Gasteiger partial charge in [-0.05, 0) is 54.1 Å². The average molecular weight is 262 g/mol. The van der Waals surface area contributed by atoms with Gasteiger partial charge in [0.05, 0.1) is 0 Å². The molecule has 1 fully saturated rings. The molecule has 2 atom stereocenters. The van der Waals surface area contributed by atoms with E-state index < -0.39 is 0 Å². The van der Waals surface area contributed by atoms with Crippen molar-refractivity contribution in [3.8, 4) is 0 Å². The Hall–Kier alpha value is -0.430. The molecule has 1 heteroatoms. The minimum absolute atomic E-state index is 0.382. The largest absolute Gasteiger partial charge is 0.165 e. The third-order valence-corrected chi connectivity index (χ3v) is 5.92. The van der Waals surface area contributed by atoms with Gasteiger partial charge in [-0.3, -0.25) is 0 Å². The molecule has 18 heavy (non-hydrogen) atoms. The Morgan fingerprint density at radius 2 is 1.83 bits per heavy atom. The molecule has 1 aliphatic carbocycles. The number of rotatable bonds is 5. The van der Waals surface area contributed by atoms with Gasteiger partial charge in [0.1, 0.15) is 0 Å². The Morgan fingerprint density at radius 1 is 1.11 bits per heavy atom. The first-order valence-electron chi connectivity index (χ1n) is 7.17. The van der Waals surface area contributed by atoms with Crippen LogP contribution in [0.2, 0.25) is 0 Å². The molecular weight excluding hydrogens is 236 g/mol. The third-order valence-electron chi connectivity index (χ3n) is 5.23. The topological polar surface area (TPSA) is 0 Å². The van der Waals surface area contributed by atoms with Crippen LogP contribution in [0.1, 0.15) is 51.5 Å². The summed E-state index contributed by atoms with van der Waals surface area (Å²) in [7, 11) is 0. The molecule has 0 radical (unpaired) electrons. The van der Waals surface area contributed by atoms with E-state index in [4.69, 9.17) is 0 Å². The van der Waals surface area contributed by atoms with Gasteiger partial charge in [0.15, 0.2) is 0 Å². The molecule has 0 bridgehead atoms. The zero-order valence-corrected chi connectivity index (χ0v) is 12.9. The summed E-state index contributed by atoms with van der Waals surface area (Å²) in [5.74, 6) is 1.31. The predicted molar refractivity (Wildman–Crippen MR) is 83.4 cm³/mol. The first kappa shape index (κ1) is 14.0. The fourth-order valence-corrected chi connectivity index (χ4v) is 4.15. The lowest BCUT2D eigenvalue weighted by Crippen LogP contribution is -2.36. The predicted octanol–water partition coefficient (Wildman–Crippen LogP) is 5.28. The van der Waals surface area contributed by atoms with Crippen LogP contribution < -0.4 is 0 Å². The molecule has 1 aliphatic rings. The number of thioether (sulfide) groups is 1. The normalized spacial score (nSPS) is 31.7. The second-order valence-corrected chi connectivity index (χ2v) is 7.19. The molecule has 1 saturated carbocycles. The van der Waals surface area contributed by atoms with Gasteiger partial charge in [-0.25, -0.2) is 0 Å². The number of benzene rings is 1. The van der Waals surface area contributed by atoms with Crippen molar-refractivity contribution in [2.24, 2.45) is 5.41 Å². The van der Waals surface area contributed by atoms with Crippen molar-refractivity contribution in [2.75, 3.05) is 12.0 Å². The minimum atomic E-state index is 0.382. The Balaban J connectivity index is 2.19. The fourth-order valence-electron chi connectivity index (χ4n) is 3.72. The summed E-state index contributed by atoms with van der Waals surface area (Å²) in [6.07, 6.45) is 9.09. The highest BCUT2D eigenvalue weighted by atomic mass is 32.2. The molecule has 0 N–H and O–H groups in total. The van der Waals surface area contributed by atoms with Gasteiger partial charge in [-0.1, -0.05) is 50.6 Å². The van der Waals surface area contributed by atoms with E-state index in [-0.39, 0.29) is 0 Å². The highest BCUT2D eigenvalue weighted by Gasteiger charge is 2.48. The zero-order chi connectivity index (χ0) is 13.1. The first-order valence-corrected chi connectivity index (χ1v) is 8.56. The van der Waals surface area contributed by atoms with Crippen LogP contribution in [0, 0.1) is 5.41 Å². The molecule has 0 spiro atoms. The van der Waals surface area contributed by atoms with Crippen molar-refractivity contribution in [1.29, 1.82) is 0 Å². The lowest BCUT2D eigenvalue weighted by atomic mass is 9.62. The van der Waals surface area contributed by atoms with Crippen molar-refractivity contribution < 1.29 is 0 Å². The summed E-state index contributed by atoms with van der Waals surface area (Å²) in [6.45, 7) is 5.02. The van der Waals surface area contributed by atoms with Gasteiger partial charge >= 0.3 is 0 Å². The van der Waals surface area contributed by atoms with Crippen molar-refractivity contribution >= 4 is 11.8 Å². The smallest absolute Gasteiger partial charge is 0.00215 e. The fraction of sp³-hybridized carbons (Fsp3) is 0.647. The first-order chi connectivity index (χ1) is 8.62. The van der Waals surface area contributed by atoms with E-state index in [2.05, 4.69) is 50.4 Å². The Kier molecular flexibility index (Phi) is 4.42. The molecule has 100 valence electrons. The summed E-state index contributed by atoms with van der Waals surface area (Å²) in [6, 6.07) is 11.2. The monoisotopic (exact) mass is 262 g/mol. The van der Waals surface area contributed by atoms with Crippen molar-refractivity contribution in [1.82, 2.24) is 0 Å². The Morgan fingerprint density at radius 3 is 2.50 bits per heavy atom. The summed E-state index contributed by atoms with van der Waals surface area (Å²) < 4.78 is 0. The molecule has 0 nitrogen and oxygen atoms in total. The van der Waals surface area contributed by atoms with Gasteiger partial charge in [-0.15, -0.1) is 0 Å². The summed E-state index contributed by atoms with van der Waals surface area (Å²) >= 11 is 1.98. The van der Waals surface area contributed by atoms with E-state index >= 15 is 0 Å². The quantitative estimate of drug-likeness (QED) is 0.651. The zero-order valence-electron chi connectivity index (χ0n) is 12.0. The summed E-state index contributed by atoms with van der Waals surface area (Å²) in [4.78, 5) is 0. The lowest BCUT2D eigenvalue weighted by Gasteiger charge is -2.42. The molecule has 0 aliphatic heterocycles. The molecule has 1 aromatic carbocycles. The summed E-state index contributed by atoms with van der Waals surface area (Å²) in [5, 5.41) is 0. The molecule has 0 unspecified atom stereocenters. The van der Waals surface area contributed by atoms with Crippen LogP contribution in [0.15, 0.2) is 30.3 Å². The van der Waals surface area contributed by atoms with Crippen LogP contribution in [-0.2, 0) is 5.41 Å². The van der Waals surface area contributed by atoms with Gasteiger partial charge in [0.25, 0.3) is 0 Å². The maximum absolute atomic E-state index is 2.52. The number of hydrogen-bond acceptors (Lipinski definition) is 1. The van der Waals surface area contributed by atoms with Crippen LogP contribution in [-0.4, -0.2) is 12.0 Å². The maximum atomic E-state index is 2.52. The molecule has 0 amide bonds. The average Bonchev–Trinajstić information content (AvgIpc) is 2.69. The molecule has 0 heterocycles. The maximum Gasteiger partial charge on any atom is -0.00215 e. The highest BCUT2D eigenvalue weighted by molar-refractivity contribution is 7.98. The van der Waals surface area contributed by atoms with E-state index in [1.54, 1.807) is 5.56 Å². The molecule has 1 aromatic rings. The van der Waals surface area contributed by atoms with E-state index in [0.29, 0.717) is 10.8 Å². The van der Waals surface area contributed by atoms with Crippen molar-refractivity contribution in [3.05, 3.63) is 35.9 Å². The highest BCUT2D eigenvalue weighted by Crippen LogP contribution is 2.56. The Bertz CT molecular complexity index is 372. The number of hydrogen-bond donors (Lipinski definition) is 0. The third kappa shape index (κ3) is 2.47. The van der Waals surface area contributed by atoms with Crippen LogP contribution in [0.4, 0.5) is 0 Å².